The summed E-state index contributed by atoms with van der Waals surface area (Å²) in [5.74, 6) is -0.0490. The number of β-lactam (4-membered cyclic amide) rings is 1. The summed E-state index contributed by atoms with van der Waals surface area (Å²) in [7, 11) is 0. The third kappa shape index (κ3) is 1.50. The summed E-state index contributed by atoms with van der Waals surface area (Å²) in [6, 6.07) is -0.342. The molecule has 1 aliphatic rings. The van der Waals surface area contributed by atoms with Gasteiger partial charge in [0, 0.05) is 17.6 Å². The number of rotatable bonds is 2. The molecule has 0 spiro atoms. The molecule has 13 heavy (non-hydrogen) atoms. The largest absolute Gasteiger partial charge is 0.333 e. The van der Waals surface area contributed by atoms with Crippen molar-refractivity contribution in [2.75, 3.05) is 6.54 Å². The molecule has 1 aliphatic heterocycles. The van der Waals surface area contributed by atoms with Gasteiger partial charge in [0.25, 0.3) is 0 Å². The lowest BCUT2D eigenvalue weighted by atomic mass is 10.1. The van der Waals surface area contributed by atoms with Gasteiger partial charge in [-0.15, -0.1) is 0 Å². The fourth-order valence-electron chi connectivity index (χ4n) is 1.27. The molecule has 1 unspecified atom stereocenters. The topological polar surface area (TPSA) is 79.2 Å². The second-order valence-electron chi connectivity index (χ2n) is 3.00. The fourth-order valence-corrected chi connectivity index (χ4v) is 1.84. The molecule has 70 valence electrons. The molecule has 3 N–H and O–H groups in total. The zero-order chi connectivity index (χ0) is 9.42. The van der Waals surface area contributed by atoms with Crippen LogP contribution >= 0.6 is 11.3 Å². The van der Waals surface area contributed by atoms with Crippen molar-refractivity contribution in [2.45, 2.75) is 12.6 Å². The number of nitrogens with zero attached hydrogens (tertiary/aromatic N) is 1. The second kappa shape index (κ2) is 2.97. The third-order valence-corrected chi connectivity index (χ3v) is 2.70. The lowest BCUT2D eigenvalue weighted by Gasteiger charge is -2.35. The molecule has 1 aromatic heterocycles. The molecule has 1 amide bonds. The highest BCUT2D eigenvalue weighted by Gasteiger charge is 2.33. The van der Waals surface area contributed by atoms with E-state index in [0.29, 0.717) is 13.1 Å². The average Bonchev–Trinajstić information content (AvgIpc) is 2.50. The van der Waals surface area contributed by atoms with Gasteiger partial charge in [-0.1, -0.05) is 11.3 Å². The summed E-state index contributed by atoms with van der Waals surface area (Å²) in [6.07, 6.45) is 0. The summed E-state index contributed by atoms with van der Waals surface area (Å²) >= 11 is 1.10. The van der Waals surface area contributed by atoms with Crippen molar-refractivity contribution in [1.82, 2.24) is 9.88 Å². The molecule has 6 heteroatoms. The van der Waals surface area contributed by atoms with Gasteiger partial charge >= 0.3 is 4.87 Å². The quantitative estimate of drug-likeness (QED) is 0.606. The first-order valence-corrected chi connectivity index (χ1v) is 4.76. The van der Waals surface area contributed by atoms with Crippen LogP contribution < -0.4 is 10.6 Å². The van der Waals surface area contributed by atoms with Gasteiger partial charge in [-0.3, -0.25) is 9.59 Å². The Balaban J connectivity index is 2.00. The minimum absolute atomic E-state index is 0.0490. The molecule has 2 rings (SSSR count). The van der Waals surface area contributed by atoms with Crippen molar-refractivity contribution < 1.29 is 4.79 Å². The van der Waals surface area contributed by atoms with Crippen LogP contribution in [0.25, 0.3) is 0 Å². The summed E-state index contributed by atoms with van der Waals surface area (Å²) in [5.41, 5.74) is 6.18. The SMILES string of the molecule is NC1CN(Cc2csc(=O)[nH]2)C1=O. The second-order valence-corrected chi connectivity index (χ2v) is 3.84. The molecule has 0 radical (unpaired) electrons. The first-order valence-electron chi connectivity index (χ1n) is 3.88. The predicted molar refractivity (Wildman–Crippen MR) is 48.3 cm³/mol. The van der Waals surface area contributed by atoms with Gasteiger partial charge in [0.15, 0.2) is 0 Å². The molecule has 1 saturated heterocycles. The van der Waals surface area contributed by atoms with E-state index in [2.05, 4.69) is 4.98 Å². The number of carbonyl (C=O) groups excluding carboxylic acids is 1. The molecular formula is C7H9N3O2S. The van der Waals surface area contributed by atoms with Gasteiger partial charge in [-0.2, -0.15) is 0 Å². The van der Waals surface area contributed by atoms with E-state index in [1.807, 2.05) is 0 Å². The van der Waals surface area contributed by atoms with Crippen molar-refractivity contribution >= 4 is 17.2 Å². The number of aromatic nitrogens is 1. The number of nitrogens with one attached hydrogen (secondary N) is 1. The molecule has 0 saturated carbocycles. The minimum Gasteiger partial charge on any atom is -0.333 e. The number of amides is 1. The highest BCUT2D eigenvalue weighted by molar-refractivity contribution is 7.07. The first-order chi connectivity index (χ1) is 6.16. The molecule has 1 aromatic rings. The molecule has 0 aliphatic carbocycles. The van der Waals surface area contributed by atoms with Crippen molar-refractivity contribution in [2.24, 2.45) is 5.73 Å². The van der Waals surface area contributed by atoms with Crippen LogP contribution in [-0.2, 0) is 11.3 Å². The maximum atomic E-state index is 11.1. The Morgan fingerprint density at radius 3 is 2.92 bits per heavy atom. The van der Waals surface area contributed by atoms with Gasteiger partial charge in [0.1, 0.15) is 6.04 Å². The van der Waals surface area contributed by atoms with Crippen LogP contribution in [0.3, 0.4) is 0 Å². The Kier molecular flexibility index (Phi) is 1.93. The summed E-state index contributed by atoms with van der Waals surface area (Å²) in [5, 5.41) is 1.72. The minimum atomic E-state index is -0.342. The number of hydrogen-bond acceptors (Lipinski definition) is 4. The third-order valence-electron chi connectivity index (χ3n) is 1.98. The number of hydrogen-bond donors (Lipinski definition) is 2. The molecule has 0 bridgehead atoms. The summed E-state index contributed by atoms with van der Waals surface area (Å²) in [4.78, 5) is 26.0. The van der Waals surface area contributed by atoms with Crippen LogP contribution in [0.15, 0.2) is 10.2 Å². The monoisotopic (exact) mass is 199 g/mol. The number of carbonyl (C=O) groups is 1. The number of likely N-dealkylation sites (tertiary alicyclic amines) is 1. The van der Waals surface area contributed by atoms with E-state index in [1.54, 1.807) is 10.3 Å². The van der Waals surface area contributed by atoms with Crippen LogP contribution in [0, 0.1) is 0 Å². The summed E-state index contributed by atoms with van der Waals surface area (Å²) in [6.45, 7) is 1.04. The lowest BCUT2D eigenvalue weighted by Crippen LogP contribution is -2.60. The number of aromatic amines is 1. The van der Waals surface area contributed by atoms with E-state index in [0.717, 1.165) is 17.0 Å². The zero-order valence-corrected chi connectivity index (χ0v) is 7.63. The van der Waals surface area contributed by atoms with Crippen LogP contribution in [0.2, 0.25) is 0 Å². The van der Waals surface area contributed by atoms with Crippen molar-refractivity contribution in [1.29, 1.82) is 0 Å². The molecule has 1 fully saturated rings. The zero-order valence-electron chi connectivity index (χ0n) is 6.82. The Bertz CT molecular complexity index is 383. The van der Waals surface area contributed by atoms with E-state index in [9.17, 15) is 9.59 Å². The smallest absolute Gasteiger partial charge is 0.304 e. The van der Waals surface area contributed by atoms with Crippen LogP contribution in [-0.4, -0.2) is 28.4 Å². The lowest BCUT2D eigenvalue weighted by molar-refractivity contribution is -0.143. The highest BCUT2D eigenvalue weighted by atomic mass is 32.1. The standard InChI is InChI=1S/C7H9N3O2S/c8-5-2-10(6(5)11)1-4-3-13-7(12)9-4/h3,5H,1-2,8H2,(H,9,12). The maximum absolute atomic E-state index is 11.1. The Labute approximate surface area is 78.2 Å². The molecular weight excluding hydrogens is 190 g/mol. The molecule has 2 heterocycles. The van der Waals surface area contributed by atoms with Gasteiger partial charge < -0.3 is 15.6 Å². The number of nitrogens with two attached hydrogens (primary N) is 1. The van der Waals surface area contributed by atoms with E-state index in [4.69, 9.17) is 5.73 Å². The first kappa shape index (κ1) is 8.46. The predicted octanol–water partition coefficient (Wildman–Crippen LogP) is -0.894. The average molecular weight is 199 g/mol. The van der Waals surface area contributed by atoms with E-state index < -0.39 is 0 Å². The van der Waals surface area contributed by atoms with E-state index in [-0.39, 0.29) is 16.8 Å². The van der Waals surface area contributed by atoms with Crippen molar-refractivity contribution in [3.63, 3.8) is 0 Å². The van der Waals surface area contributed by atoms with E-state index in [1.165, 1.54) is 0 Å². The normalized spacial score (nSPS) is 21.8. The Morgan fingerprint density at radius 1 is 1.69 bits per heavy atom. The molecule has 0 aromatic carbocycles. The number of H-pyrrole nitrogens is 1. The van der Waals surface area contributed by atoms with Crippen molar-refractivity contribution in [3.8, 4) is 0 Å². The van der Waals surface area contributed by atoms with Gasteiger partial charge in [0.05, 0.1) is 6.54 Å². The Morgan fingerprint density at radius 2 is 2.46 bits per heavy atom. The van der Waals surface area contributed by atoms with Crippen molar-refractivity contribution in [3.05, 3.63) is 20.7 Å². The molecule has 1 atom stereocenters. The highest BCUT2D eigenvalue weighted by Crippen LogP contribution is 2.11. The van der Waals surface area contributed by atoms with Gasteiger partial charge in [-0.25, -0.2) is 0 Å². The van der Waals surface area contributed by atoms with Crippen LogP contribution in [0.5, 0.6) is 0 Å². The Hall–Kier alpha value is -1.14. The van der Waals surface area contributed by atoms with Gasteiger partial charge in [-0.05, 0) is 0 Å². The summed E-state index contributed by atoms with van der Waals surface area (Å²) < 4.78 is 0. The van der Waals surface area contributed by atoms with E-state index >= 15 is 0 Å². The fraction of sp³-hybridized carbons (Fsp3) is 0.429. The van der Waals surface area contributed by atoms with Gasteiger partial charge in [0.2, 0.25) is 5.91 Å². The van der Waals surface area contributed by atoms with Crippen LogP contribution in [0.4, 0.5) is 0 Å². The van der Waals surface area contributed by atoms with Crippen LogP contribution in [0.1, 0.15) is 5.69 Å². The maximum Gasteiger partial charge on any atom is 0.304 e. The number of thiazole rings is 1. The molecule has 5 nitrogen and oxygen atoms in total.